The number of benzene rings is 1. The van der Waals surface area contributed by atoms with E-state index in [-0.39, 0.29) is 17.4 Å². The van der Waals surface area contributed by atoms with Gasteiger partial charge < -0.3 is 15.9 Å². The largest absolute Gasteiger partial charge is 0.507 e. The van der Waals surface area contributed by atoms with Crippen LogP contribution in [-0.4, -0.2) is 16.2 Å². The van der Waals surface area contributed by atoms with Crippen LogP contribution < -0.4 is 5.73 Å². The first-order valence-electron chi connectivity index (χ1n) is 4.99. The number of aromatic hydroxyl groups is 1. The van der Waals surface area contributed by atoms with E-state index in [1.807, 2.05) is 0 Å². The van der Waals surface area contributed by atoms with Crippen molar-refractivity contribution in [1.82, 2.24) is 0 Å². The Hall–Kier alpha value is -1.81. The number of carboxylic acid groups (broad SMARTS) is 1. The number of carboxylic acids is 1. The fourth-order valence-electron chi connectivity index (χ4n) is 1.42. The predicted molar refractivity (Wildman–Crippen MR) is 61.4 cm³/mol. The second kappa shape index (κ2) is 5.32. The molecule has 4 N–H and O–H groups in total. The highest BCUT2D eigenvalue weighted by Gasteiger charge is 2.13. The van der Waals surface area contributed by atoms with Crippen molar-refractivity contribution in [2.75, 3.05) is 0 Å². The molecule has 0 saturated heterocycles. The molecule has 4 heteroatoms. The molecule has 0 bridgehead atoms. The minimum atomic E-state index is -1.16. The molecule has 0 fully saturated rings. The molecule has 4 nitrogen and oxygen atoms in total. The monoisotopic (exact) mass is 221 g/mol. The molecule has 0 spiro atoms. The van der Waals surface area contributed by atoms with E-state index in [1.165, 1.54) is 12.1 Å². The second-order valence-corrected chi connectivity index (χ2v) is 3.55. The summed E-state index contributed by atoms with van der Waals surface area (Å²) in [5, 5.41) is 18.2. The highest BCUT2D eigenvalue weighted by Crippen LogP contribution is 2.23. The first kappa shape index (κ1) is 12.3. The molecule has 86 valence electrons. The topological polar surface area (TPSA) is 83.5 Å². The quantitative estimate of drug-likeness (QED) is 0.664. The van der Waals surface area contributed by atoms with Gasteiger partial charge in [-0.1, -0.05) is 12.1 Å². The Morgan fingerprint density at radius 2 is 2.25 bits per heavy atom. The van der Waals surface area contributed by atoms with Crippen molar-refractivity contribution in [3.05, 3.63) is 42.0 Å². The highest BCUT2D eigenvalue weighted by atomic mass is 16.4. The Bertz CT molecular complexity index is 401. The maximum atomic E-state index is 10.8. The zero-order valence-corrected chi connectivity index (χ0v) is 8.89. The zero-order valence-electron chi connectivity index (χ0n) is 8.89. The molecule has 1 atom stereocenters. The molecule has 0 aromatic heterocycles. The van der Waals surface area contributed by atoms with Gasteiger partial charge in [0.1, 0.15) is 11.3 Å². The number of hydrogen-bond donors (Lipinski definition) is 3. The molecule has 0 amide bonds. The van der Waals surface area contributed by atoms with Gasteiger partial charge in [-0.3, -0.25) is 0 Å². The summed E-state index contributed by atoms with van der Waals surface area (Å²) in [6.45, 7) is 3.60. The maximum Gasteiger partial charge on any atom is 0.339 e. The zero-order chi connectivity index (χ0) is 12.1. The Morgan fingerprint density at radius 3 is 2.81 bits per heavy atom. The fourth-order valence-corrected chi connectivity index (χ4v) is 1.42. The van der Waals surface area contributed by atoms with E-state index in [0.29, 0.717) is 12.0 Å². The molecule has 0 aliphatic rings. The number of allylic oxidation sites excluding steroid dienone is 1. The van der Waals surface area contributed by atoms with Gasteiger partial charge in [0.05, 0.1) is 0 Å². The normalized spacial score (nSPS) is 12.1. The van der Waals surface area contributed by atoms with E-state index in [2.05, 4.69) is 6.58 Å². The van der Waals surface area contributed by atoms with Crippen LogP contribution in [0.5, 0.6) is 5.75 Å². The molecule has 0 heterocycles. The molecule has 0 radical (unpaired) electrons. The van der Waals surface area contributed by atoms with Crippen molar-refractivity contribution >= 4 is 5.97 Å². The number of hydrogen-bond acceptors (Lipinski definition) is 3. The third-order valence-corrected chi connectivity index (χ3v) is 2.36. The minimum absolute atomic E-state index is 0.119. The first-order valence-corrected chi connectivity index (χ1v) is 4.99. The minimum Gasteiger partial charge on any atom is -0.507 e. The molecular formula is C12H15NO3. The molecule has 1 aromatic rings. The third kappa shape index (κ3) is 2.84. The van der Waals surface area contributed by atoms with E-state index >= 15 is 0 Å². The van der Waals surface area contributed by atoms with Crippen LogP contribution in [-0.2, 0) is 0 Å². The summed E-state index contributed by atoms with van der Waals surface area (Å²) in [7, 11) is 0. The average molecular weight is 221 g/mol. The lowest BCUT2D eigenvalue weighted by Crippen LogP contribution is -2.11. The number of phenols is 1. The van der Waals surface area contributed by atoms with Gasteiger partial charge in [-0.05, 0) is 30.5 Å². The number of rotatable bonds is 5. The third-order valence-electron chi connectivity index (χ3n) is 2.36. The summed E-state index contributed by atoms with van der Waals surface area (Å²) < 4.78 is 0. The molecular weight excluding hydrogens is 206 g/mol. The lowest BCUT2D eigenvalue weighted by molar-refractivity contribution is 0.0693. The maximum absolute atomic E-state index is 10.8. The van der Waals surface area contributed by atoms with Crippen LogP contribution in [0, 0.1) is 0 Å². The van der Waals surface area contributed by atoms with Crippen LogP contribution in [0.3, 0.4) is 0 Å². The second-order valence-electron chi connectivity index (χ2n) is 3.55. The smallest absolute Gasteiger partial charge is 0.339 e. The van der Waals surface area contributed by atoms with Crippen LogP contribution in [0.4, 0.5) is 0 Å². The summed E-state index contributed by atoms with van der Waals surface area (Å²) in [6, 6.07) is 4.16. The van der Waals surface area contributed by atoms with E-state index in [9.17, 15) is 9.90 Å². The summed E-state index contributed by atoms with van der Waals surface area (Å²) in [6.07, 6.45) is 3.23. The van der Waals surface area contributed by atoms with Gasteiger partial charge in [0.2, 0.25) is 0 Å². The Balaban J connectivity index is 2.93. The van der Waals surface area contributed by atoms with Gasteiger partial charge in [0.25, 0.3) is 0 Å². The summed E-state index contributed by atoms with van der Waals surface area (Å²) in [5.41, 5.74) is 6.46. The van der Waals surface area contributed by atoms with Crippen LogP contribution in [0.15, 0.2) is 30.9 Å². The lowest BCUT2D eigenvalue weighted by atomic mass is 10.00. The van der Waals surface area contributed by atoms with Gasteiger partial charge in [-0.2, -0.15) is 0 Å². The van der Waals surface area contributed by atoms with Crippen LogP contribution in [0.1, 0.15) is 34.8 Å². The van der Waals surface area contributed by atoms with Crippen LogP contribution in [0.2, 0.25) is 0 Å². The molecule has 0 aliphatic carbocycles. The van der Waals surface area contributed by atoms with Crippen molar-refractivity contribution in [3.63, 3.8) is 0 Å². The van der Waals surface area contributed by atoms with Crippen molar-refractivity contribution in [2.45, 2.75) is 18.9 Å². The average Bonchev–Trinajstić information content (AvgIpc) is 2.26. The predicted octanol–water partition coefficient (Wildman–Crippen LogP) is 2.06. The lowest BCUT2D eigenvalue weighted by Gasteiger charge is -2.12. The SMILES string of the molecule is C=CCC[C@@H](N)c1ccc(O)c(C(=O)O)c1. The van der Waals surface area contributed by atoms with Gasteiger partial charge in [-0.15, -0.1) is 6.58 Å². The molecule has 1 aromatic carbocycles. The van der Waals surface area contributed by atoms with E-state index < -0.39 is 5.97 Å². The first-order chi connectivity index (χ1) is 7.56. The number of aromatic carboxylic acids is 1. The molecule has 0 unspecified atom stereocenters. The fraction of sp³-hybridized carbons (Fsp3) is 0.250. The van der Waals surface area contributed by atoms with Crippen molar-refractivity contribution in [1.29, 1.82) is 0 Å². The van der Waals surface area contributed by atoms with Gasteiger partial charge in [-0.25, -0.2) is 4.79 Å². The number of carbonyl (C=O) groups is 1. The van der Waals surface area contributed by atoms with Crippen LogP contribution >= 0.6 is 0 Å². The van der Waals surface area contributed by atoms with Gasteiger partial charge >= 0.3 is 5.97 Å². The van der Waals surface area contributed by atoms with Crippen LogP contribution in [0.25, 0.3) is 0 Å². The Labute approximate surface area is 94.0 Å². The molecule has 0 aliphatic heterocycles. The molecule has 16 heavy (non-hydrogen) atoms. The number of nitrogens with two attached hydrogens (primary N) is 1. The Kier molecular flexibility index (Phi) is 4.08. The highest BCUT2D eigenvalue weighted by molar-refractivity contribution is 5.90. The molecule has 1 rings (SSSR count). The molecule has 0 saturated carbocycles. The standard InChI is InChI=1S/C12H15NO3/c1-2-3-4-10(13)8-5-6-11(14)9(7-8)12(15)16/h2,5-7,10,14H,1,3-4,13H2,(H,15,16)/t10-/m1/s1. The van der Waals surface area contributed by atoms with E-state index in [0.717, 1.165) is 6.42 Å². The van der Waals surface area contributed by atoms with Crippen molar-refractivity contribution in [2.24, 2.45) is 5.73 Å². The Morgan fingerprint density at radius 1 is 1.56 bits per heavy atom. The van der Waals surface area contributed by atoms with Gasteiger partial charge in [0, 0.05) is 6.04 Å². The van der Waals surface area contributed by atoms with Crippen molar-refractivity contribution in [3.8, 4) is 5.75 Å². The summed E-state index contributed by atoms with van der Waals surface area (Å²) in [5.74, 6) is -1.40. The van der Waals surface area contributed by atoms with Gasteiger partial charge in [0.15, 0.2) is 0 Å². The van der Waals surface area contributed by atoms with E-state index in [1.54, 1.807) is 12.1 Å². The summed E-state index contributed by atoms with van der Waals surface area (Å²) in [4.78, 5) is 10.8. The summed E-state index contributed by atoms with van der Waals surface area (Å²) >= 11 is 0. The van der Waals surface area contributed by atoms with E-state index in [4.69, 9.17) is 10.8 Å². The van der Waals surface area contributed by atoms with Crippen molar-refractivity contribution < 1.29 is 15.0 Å².